The van der Waals surface area contributed by atoms with Crippen molar-refractivity contribution in [1.82, 2.24) is 15.1 Å². The van der Waals surface area contributed by atoms with Gasteiger partial charge in [0.1, 0.15) is 36.1 Å². The lowest BCUT2D eigenvalue weighted by atomic mass is 10.0. The van der Waals surface area contributed by atoms with Gasteiger partial charge in [0.05, 0.1) is 0 Å². The molecule has 2 aliphatic rings. The topological polar surface area (TPSA) is 74.3 Å². The standard InChI is InChI=1S/C27H36FN3O4/c1-19(29-23-10-12-31(13-11-23)20(2)32)18-34-24-8-6-21(7-9-24)15-30-16-26(33)27(17-30)35-25-5-3-4-22(28)14-25/h3-9,14,19,23,26-27,29,33H,10-13,15-18H2,1-2H3/t19-,26-,27-/m0/s1. The van der Waals surface area contributed by atoms with Crippen LogP contribution in [0.15, 0.2) is 48.5 Å². The predicted octanol–water partition coefficient (Wildman–Crippen LogP) is 2.82. The molecule has 3 atom stereocenters. The number of piperidine rings is 1. The van der Waals surface area contributed by atoms with Crippen LogP contribution in [0.4, 0.5) is 4.39 Å². The van der Waals surface area contributed by atoms with Crippen molar-refractivity contribution in [1.29, 1.82) is 0 Å². The van der Waals surface area contributed by atoms with Crippen LogP contribution in [-0.4, -0.2) is 77.9 Å². The van der Waals surface area contributed by atoms with Crippen LogP contribution in [0.3, 0.4) is 0 Å². The molecule has 0 bridgehead atoms. The SMILES string of the molecule is CC(=O)N1CCC(N[C@@H](C)COc2ccc(CN3C[C@H](Oc4cccc(F)c4)[C@@H](O)C3)cc2)CC1. The van der Waals surface area contributed by atoms with E-state index in [1.165, 1.54) is 12.1 Å². The van der Waals surface area contributed by atoms with E-state index in [4.69, 9.17) is 9.47 Å². The highest BCUT2D eigenvalue weighted by atomic mass is 19.1. The summed E-state index contributed by atoms with van der Waals surface area (Å²) < 4.78 is 25.2. The van der Waals surface area contributed by atoms with Gasteiger partial charge in [-0.3, -0.25) is 9.69 Å². The minimum Gasteiger partial charge on any atom is -0.492 e. The second kappa shape index (κ2) is 11.8. The van der Waals surface area contributed by atoms with Crippen LogP contribution in [0, 0.1) is 5.82 Å². The Hall–Kier alpha value is -2.68. The largest absolute Gasteiger partial charge is 0.492 e. The first-order valence-corrected chi connectivity index (χ1v) is 12.4. The van der Waals surface area contributed by atoms with E-state index in [9.17, 15) is 14.3 Å². The number of likely N-dealkylation sites (tertiary alicyclic amines) is 2. The van der Waals surface area contributed by atoms with E-state index in [0.717, 1.165) is 37.2 Å². The second-order valence-electron chi connectivity index (χ2n) is 9.68. The van der Waals surface area contributed by atoms with Crippen LogP contribution >= 0.6 is 0 Å². The number of carbonyl (C=O) groups excluding carboxylic acids is 1. The van der Waals surface area contributed by atoms with Crippen LogP contribution in [0.2, 0.25) is 0 Å². The lowest BCUT2D eigenvalue weighted by Gasteiger charge is -2.33. The van der Waals surface area contributed by atoms with Crippen molar-refractivity contribution in [3.8, 4) is 11.5 Å². The Morgan fingerprint density at radius 3 is 2.57 bits per heavy atom. The minimum absolute atomic E-state index is 0.154. The predicted molar refractivity (Wildman–Crippen MR) is 132 cm³/mol. The number of amides is 1. The number of nitrogens with one attached hydrogen (secondary N) is 1. The van der Waals surface area contributed by atoms with Gasteiger partial charge in [0.25, 0.3) is 0 Å². The van der Waals surface area contributed by atoms with E-state index in [1.54, 1.807) is 19.1 Å². The van der Waals surface area contributed by atoms with Crippen LogP contribution in [-0.2, 0) is 11.3 Å². The summed E-state index contributed by atoms with van der Waals surface area (Å²) in [5.41, 5.74) is 1.12. The average Bonchev–Trinajstić information content (AvgIpc) is 3.17. The number of aliphatic hydroxyl groups is 1. The van der Waals surface area contributed by atoms with Gasteiger partial charge in [-0.15, -0.1) is 0 Å². The van der Waals surface area contributed by atoms with Gasteiger partial charge in [-0.25, -0.2) is 4.39 Å². The Bertz CT molecular complexity index is 965. The number of ether oxygens (including phenoxy) is 2. The van der Waals surface area contributed by atoms with Crippen LogP contribution in [0.1, 0.15) is 32.3 Å². The fraction of sp³-hybridized carbons (Fsp3) is 0.519. The normalized spacial score (nSPS) is 22.2. The number of β-amino-alcohol motifs (C(OH)–C–C–N with tert-alkyl or cyclic N) is 1. The van der Waals surface area contributed by atoms with E-state index in [2.05, 4.69) is 17.1 Å². The number of hydrogen-bond donors (Lipinski definition) is 2. The average molecular weight is 486 g/mol. The highest BCUT2D eigenvalue weighted by molar-refractivity contribution is 5.73. The molecular weight excluding hydrogens is 449 g/mol. The van der Waals surface area contributed by atoms with Gasteiger partial charge in [0.15, 0.2) is 0 Å². The molecule has 0 spiro atoms. The molecule has 35 heavy (non-hydrogen) atoms. The zero-order chi connectivity index (χ0) is 24.8. The quantitative estimate of drug-likeness (QED) is 0.569. The van der Waals surface area contributed by atoms with Crippen LogP contribution in [0.25, 0.3) is 0 Å². The van der Waals surface area contributed by atoms with Crippen molar-refractivity contribution in [2.75, 3.05) is 32.8 Å². The molecule has 0 aromatic heterocycles. The van der Waals surface area contributed by atoms with Crippen molar-refractivity contribution >= 4 is 5.91 Å². The van der Waals surface area contributed by atoms with E-state index in [1.807, 2.05) is 29.2 Å². The zero-order valence-electron chi connectivity index (χ0n) is 20.5. The second-order valence-corrected chi connectivity index (χ2v) is 9.68. The first-order valence-electron chi connectivity index (χ1n) is 12.4. The lowest BCUT2D eigenvalue weighted by Crippen LogP contribution is -2.47. The maximum absolute atomic E-state index is 13.4. The molecular formula is C27H36FN3O4. The molecule has 2 saturated heterocycles. The molecule has 190 valence electrons. The zero-order valence-corrected chi connectivity index (χ0v) is 20.5. The minimum atomic E-state index is -0.621. The summed E-state index contributed by atoms with van der Waals surface area (Å²) >= 11 is 0. The Kier molecular flexibility index (Phi) is 8.59. The summed E-state index contributed by atoms with van der Waals surface area (Å²) in [6.45, 7) is 7.72. The third-order valence-corrected chi connectivity index (χ3v) is 6.69. The van der Waals surface area contributed by atoms with Crippen molar-refractivity contribution in [2.24, 2.45) is 0 Å². The first-order chi connectivity index (χ1) is 16.9. The number of halogens is 1. The van der Waals surface area contributed by atoms with Gasteiger partial charge in [0, 0.05) is 57.8 Å². The lowest BCUT2D eigenvalue weighted by molar-refractivity contribution is -0.129. The fourth-order valence-electron chi connectivity index (χ4n) is 4.77. The third kappa shape index (κ3) is 7.40. The summed E-state index contributed by atoms with van der Waals surface area (Å²) in [5, 5.41) is 14.0. The monoisotopic (exact) mass is 485 g/mol. The van der Waals surface area contributed by atoms with Crippen LogP contribution < -0.4 is 14.8 Å². The summed E-state index contributed by atoms with van der Waals surface area (Å²) in [6.07, 6.45) is 0.934. The molecule has 8 heteroatoms. The number of aliphatic hydroxyl groups excluding tert-OH is 1. The molecule has 2 N–H and O–H groups in total. The Labute approximate surface area is 206 Å². The molecule has 0 unspecified atom stereocenters. The molecule has 2 fully saturated rings. The van der Waals surface area contributed by atoms with Gasteiger partial charge in [-0.2, -0.15) is 0 Å². The maximum Gasteiger partial charge on any atom is 0.219 e. The highest BCUT2D eigenvalue weighted by Crippen LogP contribution is 2.22. The van der Waals surface area contributed by atoms with E-state index in [0.29, 0.717) is 38.0 Å². The van der Waals surface area contributed by atoms with E-state index < -0.39 is 6.10 Å². The Balaban J connectivity index is 1.18. The van der Waals surface area contributed by atoms with Crippen molar-refractivity contribution in [2.45, 2.75) is 57.5 Å². The molecule has 2 aromatic rings. The first kappa shape index (κ1) is 25.4. The Morgan fingerprint density at radius 1 is 1.14 bits per heavy atom. The van der Waals surface area contributed by atoms with Gasteiger partial charge in [-0.1, -0.05) is 18.2 Å². The summed E-state index contributed by atoms with van der Waals surface area (Å²) in [4.78, 5) is 15.5. The fourth-order valence-corrected chi connectivity index (χ4v) is 4.77. The molecule has 2 aromatic carbocycles. The molecule has 0 aliphatic carbocycles. The number of nitrogens with zero attached hydrogens (tertiary/aromatic N) is 2. The van der Waals surface area contributed by atoms with Crippen molar-refractivity contribution < 1.29 is 23.8 Å². The van der Waals surface area contributed by atoms with Gasteiger partial charge in [-0.05, 0) is 49.6 Å². The molecule has 0 radical (unpaired) electrons. The Morgan fingerprint density at radius 2 is 1.89 bits per heavy atom. The summed E-state index contributed by atoms with van der Waals surface area (Å²) in [7, 11) is 0. The van der Waals surface area contributed by atoms with Crippen molar-refractivity contribution in [3.05, 3.63) is 59.9 Å². The van der Waals surface area contributed by atoms with Crippen molar-refractivity contribution in [3.63, 3.8) is 0 Å². The molecule has 2 heterocycles. The highest BCUT2D eigenvalue weighted by Gasteiger charge is 2.33. The van der Waals surface area contributed by atoms with Crippen LogP contribution in [0.5, 0.6) is 11.5 Å². The molecule has 0 saturated carbocycles. The smallest absolute Gasteiger partial charge is 0.219 e. The number of rotatable bonds is 9. The molecule has 2 aliphatic heterocycles. The van der Waals surface area contributed by atoms with Gasteiger partial charge < -0.3 is 24.8 Å². The maximum atomic E-state index is 13.4. The number of carbonyl (C=O) groups is 1. The van der Waals surface area contributed by atoms with E-state index >= 15 is 0 Å². The number of hydrogen-bond acceptors (Lipinski definition) is 6. The summed E-state index contributed by atoms with van der Waals surface area (Å²) in [6, 6.07) is 14.7. The molecule has 7 nitrogen and oxygen atoms in total. The van der Waals surface area contributed by atoms with Gasteiger partial charge in [0.2, 0.25) is 5.91 Å². The van der Waals surface area contributed by atoms with Gasteiger partial charge >= 0.3 is 0 Å². The molecule has 1 amide bonds. The molecule has 4 rings (SSSR count). The number of benzene rings is 2. The third-order valence-electron chi connectivity index (χ3n) is 6.69. The van der Waals surface area contributed by atoms with E-state index in [-0.39, 0.29) is 23.9 Å². The summed E-state index contributed by atoms with van der Waals surface area (Å²) in [5.74, 6) is 1.06.